The summed E-state index contributed by atoms with van der Waals surface area (Å²) < 4.78 is 5.36. The molecule has 0 spiro atoms. The van der Waals surface area contributed by atoms with E-state index in [0.29, 0.717) is 34.7 Å². The smallest absolute Gasteiger partial charge is 0.235 e. The van der Waals surface area contributed by atoms with Crippen LogP contribution in [-0.2, 0) is 6.42 Å². The molecule has 0 bridgehead atoms. The second-order valence-electron chi connectivity index (χ2n) is 4.75. The molecule has 0 aliphatic rings. The number of nitrogen functional groups attached to an aromatic ring is 1. The Balaban J connectivity index is 2.05. The van der Waals surface area contributed by atoms with Gasteiger partial charge in [-0.2, -0.15) is 10.2 Å². The largest absolute Gasteiger partial charge is 0.477 e. The monoisotopic (exact) mass is 350 g/mol. The Morgan fingerprint density at radius 1 is 1.30 bits per heavy atom. The number of aromatic nitrogens is 1. The third-order valence-electron chi connectivity index (χ3n) is 3.11. The number of ether oxygens (including phenoxy) is 1. The standard InChI is InChI=1S/C16H16Cl2N4O/c1-2-23-16-11(9-19)14(20)8-15(22-16)21-6-5-10-3-4-12(17)13(18)7-10/h3-4,7-8H,2,5-6H2,1H3,(H3,20,21,22). The van der Waals surface area contributed by atoms with Gasteiger partial charge >= 0.3 is 0 Å². The lowest BCUT2D eigenvalue weighted by Crippen LogP contribution is -2.09. The number of hydrogen-bond donors (Lipinski definition) is 2. The Morgan fingerprint density at radius 2 is 2.09 bits per heavy atom. The molecule has 7 heteroatoms. The fourth-order valence-electron chi connectivity index (χ4n) is 2.01. The predicted molar refractivity (Wildman–Crippen MR) is 93.2 cm³/mol. The number of nitriles is 1. The van der Waals surface area contributed by atoms with Crippen LogP contribution in [0.1, 0.15) is 18.1 Å². The van der Waals surface area contributed by atoms with Gasteiger partial charge in [-0.15, -0.1) is 0 Å². The van der Waals surface area contributed by atoms with Crippen LogP contribution in [0.15, 0.2) is 24.3 Å². The van der Waals surface area contributed by atoms with Gasteiger partial charge in [0.1, 0.15) is 17.5 Å². The summed E-state index contributed by atoms with van der Waals surface area (Å²) in [6, 6.07) is 9.14. The lowest BCUT2D eigenvalue weighted by molar-refractivity contribution is 0.326. The first-order valence-electron chi connectivity index (χ1n) is 7.06. The van der Waals surface area contributed by atoms with Crippen molar-refractivity contribution in [3.8, 4) is 11.9 Å². The molecule has 0 fully saturated rings. The average Bonchev–Trinajstić information content (AvgIpc) is 2.51. The van der Waals surface area contributed by atoms with Gasteiger partial charge in [0, 0.05) is 12.6 Å². The summed E-state index contributed by atoms with van der Waals surface area (Å²) in [6.07, 6.45) is 0.739. The third-order valence-corrected chi connectivity index (χ3v) is 3.85. The van der Waals surface area contributed by atoms with E-state index in [0.717, 1.165) is 12.0 Å². The lowest BCUT2D eigenvalue weighted by Gasteiger charge is -2.11. The number of nitrogens with one attached hydrogen (secondary N) is 1. The zero-order valence-electron chi connectivity index (χ0n) is 12.6. The normalized spacial score (nSPS) is 10.2. The number of nitrogens with two attached hydrogens (primary N) is 1. The van der Waals surface area contributed by atoms with Crippen molar-refractivity contribution in [1.82, 2.24) is 4.98 Å². The van der Waals surface area contributed by atoms with Crippen LogP contribution < -0.4 is 15.8 Å². The molecule has 23 heavy (non-hydrogen) atoms. The molecule has 0 amide bonds. The van der Waals surface area contributed by atoms with Crippen molar-refractivity contribution in [3.63, 3.8) is 0 Å². The molecule has 0 atom stereocenters. The van der Waals surface area contributed by atoms with Gasteiger partial charge in [0.15, 0.2) is 0 Å². The van der Waals surface area contributed by atoms with Crippen molar-refractivity contribution in [2.45, 2.75) is 13.3 Å². The highest BCUT2D eigenvalue weighted by Gasteiger charge is 2.11. The summed E-state index contributed by atoms with van der Waals surface area (Å²) in [5.74, 6) is 0.803. The fraction of sp³-hybridized carbons (Fsp3) is 0.250. The van der Waals surface area contributed by atoms with Gasteiger partial charge in [0.25, 0.3) is 0 Å². The molecule has 120 valence electrons. The molecule has 2 aromatic rings. The number of pyridine rings is 1. The maximum Gasteiger partial charge on any atom is 0.235 e. The van der Waals surface area contributed by atoms with Crippen LogP contribution in [0.3, 0.4) is 0 Å². The van der Waals surface area contributed by atoms with Crippen LogP contribution in [0.5, 0.6) is 5.88 Å². The van der Waals surface area contributed by atoms with Crippen molar-refractivity contribution in [2.75, 3.05) is 24.2 Å². The summed E-state index contributed by atoms with van der Waals surface area (Å²) >= 11 is 11.9. The summed E-state index contributed by atoms with van der Waals surface area (Å²) in [7, 11) is 0. The quantitative estimate of drug-likeness (QED) is 0.825. The number of rotatable bonds is 6. The van der Waals surface area contributed by atoms with E-state index in [2.05, 4.69) is 10.3 Å². The average molecular weight is 351 g/mol. The Morgan fingerprint density at radius 3 is 2.74 bits per heavy atom. The van der Waals surface area contributed by atoms with Crippen LogP contribution in [-0.4, -0.2) is 18.1 Å². The van der Waals surface area contributed by atoms with Crippen molar-refractivity contribution in [1.29, 1.82) is 5.26 Å². The van der Waals surface area contributed by atoms with Crippen LogP contribution >= 0.6 is 23.2 Å². The van der Waals surface area contributed by atoms with Gasteiger partial charge in [-0.05, 0) is 31.0 Å². The molecule has 0 saturated carbocycles. The van der Waals surface area contributed by atoms with Gasteiger partial charge in [-0.25, -0.2) is 0 Å². The highest BCUT2D eigenvalue weighted by Crippen LogP contribution is 2.25. The number of hydrogen-bond acceptors (Lipinski definition) is 5. The highest BCUT2D eigenvalue weighted by atomic mass is 35.5. The molecular formula is C16H16Cl2N4O. The minimum atomic E-state index is 0.243. The molecule has 3 N–H and O–H groups in total. The first-order chi connectivity index (χ1) is 11.0. The second kappa shape index (κ2) is 7.91. The number of nitrogens with zero attached hydrogens (tertiary/aromatic N) is 2. The van der Waals surface area contributed by atoms with Gasteiger partial charge < -0.3 is 15.8 Å². The van der Waals surface area contributed by atoms with Crippen LogP contribution in [0.25, 0.3) is 0 Å². The van der Waals surface area contributed by atoms with Gasteiger partial charge in [0.05, 0.1) is 22.3 Å². The molecule has 0 aliphatic heterocycles. The van der Waals surface area contributed by atoms with E-state index >= 15 is 0 Å². The van der Waals surface area contributed by atoms with Crippen molar-refractivity contribution < 1.29 is 4.74 Å². The van der Waals surface area contributed by atoms with Crippen LogP contribution in [0.4, 0.5) is 11.5 Å². The molecule has 0 aliphatic carbocycles. The fourth-order valence-corrected chi connectivity index (χ4v) is 2.34. The molecule has 1 aromatic heterocycles. The Labute approximate surface area is 145 Å². The molecule has 0 saturated heterocycles. The molecule has 2 rings (SSSR count). The van der Waals surface area contributed by atoms with E-state index in [-0.39, 0.29) is 11.4 Å². The summed E-state index contributed by atoms with van der Waals surface area (Å²) in [4.78, 5) is 4.27. The Hall–Kier alpha value is -2.16. The van der Waals surface area contributed by atoms with Gasteiger partial charge in [-0.3, -0.25) is 0 Å². The lowest BCUT2D eigenvalue weighted by atomic mass is 10.1. The topological polar surface area (TPSA) is 84.0 Å². The number of halogens is 2. The van der Waals surface area contributed by atoms with Gasteiger partial charge in [0.2, 0.25) is 5.88 Å². The summed E-state index contributed by atoms with van der Waals surface area (Å²) in [5.41, 5.74) is 7.51. The summed E-state index contributed by atoms with van der Waals surface area (Å²) in [6.45, 7) is 2.86. The van der Waals surface area contributed by atoms with Crippen molar-refractivity contribution in [3.05, 3.63) is 45.4 Å². The van der Waals surface area contributed by atoms with E-state index in [9.17, 15) is 0 Å². The van der Waals surface area contributed by atoms with E-state index in [1.54, 1.807) is 12.1 Å². The number of benzene rings is 1. The third kappa shape index (κ3) is 4.41. The van der Waals surface area contributed by atoms with Crippen LogP contribution in [0, 0.1) is 11.3 Å². The van der Waals surface area contributed by atoms with Crippen molar-refractivity contribution >= 4 is 34.7 Å². The molecule has 0 unspecified atom stereocenters. The number of anilines is 2. The van der Waals surface area contributed by atoms with E-state index in [1.807, 2.05) is 25.1 Å². The maximum atomic E-state index is 9.10. The van der Waals surface area contributed by atoms with Crippen LogP contribution in [0.2, 0.25) is 10.0 Å². The molecule has 1 aromatic carbocycles. The molecule has 5 nitrogen and oxygen atoms in total. The Kier molecular flexibility index (Phi) is 5.91. The zero-order valence-corrected chi connectivity index (χ0v) is 14.1. The second-order valence-corrected chi connectivity index (χ2v) is 5.56. The van der Waals surface area contributed by atoms with E-state index < -0.39 is 0 Å². The molecule has 0 radical (unpaired) electrons. The van der Waals surface area contributed by atoms with E-state index in [4.69, 9.17) is 38.9 Å². The Bertz CT molecular complexity index is 744. The zero-order chi connectivity index (χ0) is 16.8. The van der Waals surface area contributed by atoms with Crippen molar-refractivity contribution in [2.24, 2.45) is 0 Å². The molecule has 1 heterocycles. The predicted octanol–water partition coefficient (Wildman–Crippen LogP) is 3.90. The first-order valence-corrected chi connectivity index (χ1v) is 7.82. The SMILES string of the molecule is CCOc1nc(NCCc2ccc(Cl)c(Cl)c2)cc(N)c1C#N. The minimum Gasteiger partial charge on any atom is -0.477 e. The van der Waals surface area contributed by atoms with E-state index in [1.165, 1.54) is 0 Å². The minimum absolute atomic E-state index is 0.243. The first kappa shape index (κ1) is 17.2. The maximum absolute atomic E-state index is 9.10. The summed E-state index contributed by atoms with van der Waals surface area (Å²) in [5, 5.41) is 13.3. The molecular weight excluding hydrogens is 335 g/mol. The van der Waals surface area contributed by atoms with Gasteiger partial charge in [-0.1, -0.05) is 29.3 Å². The highest BCUT2D eigenvalue weighted by molar-refractivity contribution is 6.42.